The lowest BCUT2D eigenvalue weighted by atomic mass is 10.3. The summed E-state index contributed by atoms with van der Waals surface area (Å²) >= 11 is 1.14. The largest absolute Gasteiger partial charge is 0.446 e. The summed E-state index contributed by atoms with van der Waals surface area (Å²) in [4.78, 5) is 23.2. The highest BCUT2D eigenvalue weighted by Crippen LogP contribution is 2.19. The first kappa shape index (κ1) is 19.1. The van der Waals surface area contributed by atoms with E-state index in [1.165, 1.54) is 17.7 Å². The number of benzene rings is 2. The molecule has 142 valence electrons. The lowest BCUT2D eigenvalue weighted by Gasteiger charge is -2.18. The van der Waals surface area contributed by atoms with E-state index in [0.717, 1.165) is 11.3 Å². The van der Waals surface area contributed by atoms with Gasteiger partial charge < -0.3 is 9.47 Å². The van der Waals surface area contributed by atoms with Crippen LogP contribution in [-0.2, 0) is 4.79 Å². The second-order valence-corrected chi connectivity index (χ2v) is 6.34. The number of thiophene rings is 1. The van der Waals surface area contributed by atoms with Gasteiger partial charge in [-0.05, 0) is 24.3 Å². The van der Waals surface area contributed by atoms with Crippen LogP contribution in [0.2, 0.25) is 0 Å². The predicted molar refractivity (Wildman–Crippen MR) is 105 cm³/mol. The number of para-hydroxylation sites is 2. The number of carbonyl (C=O) groups is 1. The number of amides is 1. The van der Waals surface area contributed by atoms with Gasteiger partial charge in [-0.3, -0.25) is 14.9 Å². The summed E-state index contributed by atoms with van der Waals surface area (Å²) in [5.41, 5.74) is 2.30. The van der Waals surface area contributed by atoms with Crippen LogP contribution >= 0.6 is 11.3 Å². The minimum atomic E-state index is -1.28. The van der Waals surface area contributed by atoms with Crippen LogP contribution in [0.15, 0.2) is 77.2 Å². The minimum Gasteiger partial charge on any atom is -0.446 e. The molecule has 0 aliphatic rings. The Bertz CT molecular complexity index is 918. The average Bonchev–Trinajstić information content (AvgIpc) is 3.18. The van der Waals surface area contributed by atoms with Gasteiger partial charge in [-0.15, -0.1) is 11.3 Å². The molecule has 0 radical (unpaired) electrons. The highest BCUT2D eigenvalue weighted by molar-refractivity contribution is 7.12. The van der Waals surface area contributed by atoms with Crippen molar-refractivity contribution in [1.29, 1.82) is 0 Å². The van der Waals surface area contributed by atoms with Crippen molar-refractivity contribution in [3.8, 4) is 11.5 Å². The second-order valence-electron chi connectivity index (χ2n) is 5.39. The number of nitrogens with zero attached hydrogens (tertiary/aromatic N) is 2. The van der Waals surface area contributed by atoms with Gasteiger partial charge >= 0.3 is 12.2 Å². The van der Waals surface area contributed by atoms with Crippen LogP contribution in [0.25, 0.3) is 0 Å². The van der Waals surface area contributed by atoms with Crippen LogP contribution in [0.3, 0.4) is 0 Å². The number of nitrogens with one attached hydrogen (secondary N) is 1. The van der Waals surface area contributed by atoms with Crippen molar-refractivity contribution < 1.29 is 19.2 Å². The Labute approximate surface area is 164 Å². The SMILES string of the molecule is O=C(N/N=C\c1cc([N+](=O)[O-])cs1)C(Oc1ccccc1)Oc1ccccc1. The second kappa shape index (κ2) is 9.28. The molecule has 9 heteroatoms. The molecule has 1 heterocycles. The van der Waals surface area contributed by atoms with Crippen molar-refractivity contribution >= 4 is 29.1 Å². The molecule has 0 atom stereocenters. The summed E-state index contributed by atoms with van der Waals surface area (Å²) in [6.07, 6.45) is 0.0390. The highest BCUT2D eigenvalue weighted by Gasteiger charge is 2.22. The zero-order chi connectivity index (χ0) is 19.8. The summed E-state index contributed by atoms with van der Waals surface area (Å²) < 4.78 is 11.2. The van der Waals surface area contributed by atoms with Crippen molar-refractivity contribution in [2.75, 3.05) is 0 Å². The number of hydrazone groups is 1. The lowest BCUT2D eigenvalue weighted by molar-refractivity contribution is -0.384. The van der Waals surface area contributed by atoms with Crippen LogP contribution in [0.5, 0.6) is 11.5 Å². The van der Waals surface area contributed by atoms with E-state index in [1.807, 2.05) is 12.1 Å². The van der Waals surface area contributed by atoms with Gasteiger partial charge in [0.1, 0.15) is 11.5 Å². The summed E-state index contributed by atoms with van der Waals surface area (Å²) in [7, 11) is 0. The van der Waals surface area contributed by atoms with Crippen LogP contribution in [0.4, 0.5) is 5.69 Å². The normalized spacial score (nSPS) is 10.8. The number of ether oxygens (including phenoxy) is 2. The Balaban J connectivity index is 1.68. The molecule has 0 spiro atoms. The maximum Gasteiger partial charge on any atom is 0.323 e. The predicted octanol–water partition coefficient (Wildman–Crippen LogP) is 3.59. The summed E-state index contributed by atoms with van der Waals surface area (Å²) in [5, 5.41) is 15.9. The Hall–Kier alpha value is -3.72. The monoisotopic (exact) mass is 397 g/mol. The first-order valence-electron chi connectivity index (χ1n) is 8.11. The molecule has 0 saturated heterocycles. The van der Waals surface area contributed by atoms with Crippen molar-refractivity contribution in [3.63, 3.8) is 0 Å². The van der Waals surface area contributed by atoms with Gasteiger partial charge in [0.15, 0.2) is 0 Å². The van der Waals surface area contributed by atoms with Crippen molar-refractivity contribution in [3.05, 3.63) is 87.1 Å². The Morgan fingerprint density at radius 2 is 1.64 bits per heavy atom. The third-order valence-electron chi connectivity index (χ3n) is 3.37. The molecule has 0 aliphatic heterocycles. The third kappa shape index (κ3) is 5.39. The number of hydrogen-bond acceptors (Lipinski definition) is 7. The molecule has 3 rings (SSSR count). The Morgan fingerprint density at radius 3 is 2.14 bits per heavy atom. The minimum absolute atomic E-state index is 0.0320. The molecule has 0 unspecified atom stereocenters. The fraction of sp³-hybridized carbons (Fsp3) is 0.0526. The lowest BCUT2D eigenvalue weighted by Crippen LogP contribution is -2.40. The number of carbonyl (C=O) groups excluding carboxylic acids is 1. The zero-order valence-corrected chi connectivity index (χ0v) is 15.2. The average molecular weight is 397 g/mol. The van der Waals surface area contributed by atoms with E-state index >= 15 is 0 Å². The summed E-state index contributed by atoms with van der Waals surface area (Å²) in [6, 6.07) is 18.9. The van der Waals surface area contributed by atoms with E-state index in [-0.39, 0.29) is 5.69 Å². The smallest absolute Gasteiger partial charge is 0.323 e. The van der Waals surface area contributed by atoms with E-state index in [1.54, 1.807) is 48.5 Å². The van der Waals surface area contributed by atoms with Gasteiger partial charge in [0.25, 0.3) is 5.69 Å². The van der Waals surface area contributed by atoms with Gasteiger partial charge in [-0.25, -0.2) is 5.43 Å². The molecular formula is C19H15N3O5S. The van der Waals surface area contributed by atoms with E-state index in [9.17, 15) is 14.9 Å². The number of rotatable bonds is 8. The van der Waals surface area contributed by atoms with E-state index in [2.05, 4.69) is 10.5 Å². The molecule has 0 bridgehead atoms. The van der Waals surface area contributed by atoms with Crippen molar-refractivity contribution in [1.82, 2.24) is 5.43 Å². The molecule has 1 aromatic heterocycles. The van der Waals surface area contributed by atoms with Crippen molar-refractivity contribution in [2.45, 2.75) is 6.29 Å². The first-order valence-corrected chi connectivity index (χ1v) is 8.99. The molecule has 0 aliphatic carbocycles. The van der Waals surface area contributed by atoms with Gasteiger partial charge in [-0.1, -0.05) is 36.4 Å². The van der Waals surface area contributed by atoms with Crippen molar-refractivity contribution in [2.24, 2.45) is 5.10 Å². The molecule has 1 N–H and O–H groups in total. The van der Waals surface area contributed by atoms with E-state index in [0.29, 0.717) is 16.4 Å². The molecule has 8 nitrogen and oxygen atoms in total. The van der Waals surface area contributed by atoms with Gasteiger partial charge in [-0.2, -0.15) is 5.10 Å². The van der Waals surface area contributed by atoms with Crippen LogP contribution < -0.4 is 14.9 Å². The number of hydrogen-bond donors (Lipinski definition) is 1. The molecule has 3 aromatic rings. The van der Waals surface area contributed by atoms with Crippen LogP contribution in [-0.4, -0.2) is 23.3 Å². The van der Waals surface area contributed by atoms with Gasteiger partial charge in [0.2, 0.25) is 0 Å². The van der Waals surface area contributed by atoms with Gasteiger partial charge in [0.05, 0.1) is 21.4 Å². The maximum absolute atomic E-state index is 12.5. The molecule has 2 aromatic carbocycles. The third-order valence-corrected chi connectivity index (χ3v) is 4.22. The highest BCUT2D eigenvalue weighted by atomic mass is 32.1. The summed E-state index contributed by atoms with van der Waals surface area (Å²) in [6.45, 7) is 0. The van der Waals surface area contributed by atoms with Crippen LogP contribution in [0.1, 0.15) is 4.88 Å². The molecule has 1 amide bonds. The van der Waals surface area contributed by atoms with Gasteiger partial charge in [0, 0.05) is 6.07 Å². The van der Waals surface area contributed by atoms with E-state index in [4.69, 9.17) is 9.47 Å². The first-order chi connectivity index (χ1) is 13.6. The Kier molecular flexibility index (Phi) is 6.32. The molecule has 0 fully saturated rings. The standard InChI is InChI=1S/C19H15N3O5S/c23-18(21-20-12-17-11-14(13-28-17)22(24)25)19(26-15-7-3-1-4-8-15)27-16-9-5-2-6-10-16/h1-13,19H,(H,21,23)/b20-12-. The summed E-state index contributed by atoms with van der Waals surface area (Å²) in [5.74, 6) is 0.280. The fourth-order valence-corrected chi connectivity index (χ4v) is 2.81. The molecular weight excluding hydrogens is 382 g/mol. The quantitative estimate of drug-likeness (QED) is 0.271. The van der Waals surface area contributed by atoms with E-state index < -0.39 is 17.1 Å². The fourth-order valence-electron chi connectivity index (χ4n) is 2.09. The maximum atomic E-state index is 12.5. The molecule has 0 saturated carbocycles. The topological polar surface area (TPSA) is 103 Å². The molecule has 28 heavy (non-hydrogen) atoms. The Morgan fingerprint density at radius 1 is 1.07 bits per heavy atom. The van der Waals surface area contributed by atoms with Crippen LogP contribution in [0, 0.1) is 10.1 Å². The zero-order valence-electron chi connectivity index (χ0n) is 14.4. The number of nitro groups is 1.